The highest BCUT2D eigenvalue weighted by Gasteiger charge is 2.29. The second-order valence-electron chi connectivity index (χ2n) is 5.89. The minimum Gasteiger partial charge on any atom is -0.383 e. The molecule has 1 aliphatic carbocycles. The van der Waals surface area contributed by atoms with Crippen LogP contribution in [-0.2, 0) is 17.8 Å². The molecular formula is C15H23N7O. The Kier molecular flexibility index (Phi) is 4.73. The lowest BCUT2D eigenvalue weighted by molar-refractivity contribution is 0.186. The number of ether oxygens (including phenoxy) is 1. The fraction of sp³-hybridized carbons (Fsp3) is 0.533. The summed E-state index contributed by atoms with van der Waals surface area (Å²) in [6.07, 6.45) is 5.55. The van der Waals surface area contributed by atoms with Crippen LogP contribution in [0.2, 0.25) is 0 Å². The molecular weight excluding hydrogens is 294 g/mol. The zero-order chi connectivity index (χ0) is 16.2. The van der Waals surface area contributed by atoms with Crippen molar-refractivity contribution in [2.75, 3.05) is 24.8 Å². The molecule has 0 radical (unpaired) electrons. The van der Waals surface area contributed by atoms with Gasteiger partial charge < -0.3 is 26.1 Å². The molecule has 2 heterocycles. The quantitative estimate of drug-likeness (QED) is 0.688. The van der Waals surface area contributed by atoms with Gasteiger partial charge in [-0.25, -0.2) is 9.97 Å². The molecule has 2 aromatic rings. The van der Waals surface area contributed by atoms with Gasteiger partial charge in [-0.05, 0) is 12.8 Å². The third kappa shape index (κ3) is 3.77. The van der Waals surface area contributed by atoms with Crippen LogP contribution in [0.4, 0.5) is 11.8 Å². The lowest BCUT2D eigenvalue weighted by Gasteiger charge is -2.32. The van der Waals surface area contributed by atoms with Crippen LogP contribution in [-0.4, -0.2) is 39.3 Å². The van der Waals surface area contributed by atoms with E-state index in [-0.39, 0.29) is 6.04 Å². The van der Waals surface area contributed by atoms with Crippen LogP contribution >= 0.6 is 0 Å². The third-order valence-corrected chi connectivity index (χ3v) is 4.14. The van der Waals surface area contributed by atoms with Gasteiger partial charge in [-0.15, -0.1) is 0 Å². The van der Waals surface area contributed by atoms with Crippen LogP contribution in [0.15, 0.2) is 18.6 Å². The summed E-state index contributed by atoms with van der Waals surface area (Å²) in [6.45, 7) is 2.03. The highest BCUT2D eigenvalue weighted by atomic mass is 16.5. The minimum absolute atomic E-state index is 0.280. The molecule has 8 nitrogen and oxygen atoms in total. The van der Waals surface area contributed by atoms with Crippen molar-refractivity contribution < 1.29 is 4.74 Å². The Labute approximate surface area is 135 Å². The van der Waals surface area contributed by atoms with E-state index < -0.39 is 0 Å². The Hall–Kier alpha value is -2.19. The van der Waals surface area contributed by atoms with Gasteiger partial charge in [-0.1, -0.05) is 0 Å². The predicted octanol–water partition coefficient (Wildman–Crippen LogP) is 0.719. The Balaban J connectivity index is 1.65. The number of methoxy groups -OCH3 is 1. The van der Waals surface area contributed by atoms with Gasteiger partial charge in [-0.2, -0.15) is 4.98 Å². The summed E-state index contributed by atoms with van der Waals surface area (Å²) in [5, 5.41) is 3.30. The summed E-state index contributed by atoms with van der Waals surface area (Å²) < 4.78 is 7.15. The van der Waals surface area contributed by atoms with Gasteiger partial charge in [0.25, 0.3) is 0 Å². The van der Waals surface area contributed by atoms with Crippen molar-refractivity contribution in [2.45, 2.75) is 37.9 Å². The highest BCUT2D eigenvalue weighted by Crippen LogP contribution is 2.35. The van der Waals surface area contributed by atoms with Gasteiger partial charge in [0.15, 0.2) is 0 Å². The number of hydrogen-bond donors (Lipinski definition) is 3. The first-order valence-electron chi connectivity index (χ1n) is 7.77. The largest absolute Gasteiger partial charge is 0.383 e. The summed E-state index contributed by atoms with van der Waals surface area (Å²) >= 11 is 0. The molecule has 23 heavy (non-hydrogen) atoms. The van der Waals surface area contributed by atoms with Crippen LogP contribution < -0.4 is 16.8 Å². The first-order valence-corrected chi connectivity index (χ1v) is 7.77. The maximum atomic E-state index is 5.85. The van der Waals surface area contributed by atoms with Crippen molar-refractivity contribution in [1.82, 2.24) is 19.5 Å². The van der Waals surface area contributed by atoms with E-state index in [1.807, 2.05) is 16.8 Å². The van der Waals surface area contributed by atoms with Crippen LogP contribution in [0.25, 0.3) is 0 Å². The van der Waals surface area contributed by atoms with Crippen molar-refractivity contribution >= 4 is 11.8 Å². The molecule has 3 rings (SSSR count). The molecule has 0 aromatic carbocycles. The zero-order valence-electron chi connectivity index (χ0n) is 13.3. The molecule has 124 valence electrons. The molecule has 1 aliphatic rings. The number of nitrogen functional groups attached to an aromatic ring is 1. The number of hydrogen-bond acceptors (Lipinski definition) is 7. The number of anilines is 2. The van der Waals surface area contributed by atoms with Crippen molar-refractivity contribution in [3.8, 4) is 0 Å². The van der Waals surface area contributed by atoms with Gasteiger partial charge in [0.2, 0.25) is 5.95 Å². The minimum atomic E-state index is 0.280. The molecule has 2 aromatic heterocycles. The van der Waals surface area contributed by atoms with Crippen LogP contribution in [0.1, 0.15) is 30.1 Å². The summed E-state index contributed by atoms with van der Waals surface area (Å²) in [4.78, 5) is 12.8. The molecule has 0 bridgehead atoms. The van der Waals surface area contributed by atoms with Gasteiger partial charge in [0.1, 0.15) is 5.82 Å². The van der Waals surface area contributed by atoms with Crippen LogP contribution in [0, 0.1) is 0 Å². The summed E-state index contributed by atoms with van der Waals surface area (Å²) in [7, 11) is 1.69. The topological polar surface area (TPSA) is 117 Å². The monoisotopic (exact) mass is 317 g/mol. The molecule has 0 unspecified atom stereocenters. The average molecular weight is 317 g/mol. The molecule has 5 N–H and O–H groups in total. The number of aromatic nitrogens is 4. The molecule has 0 atom stereocenters. The Bertz CT molecular complexity index is 651. The highest BCUT2D eigenvalue weighted by molar-refractivity contribution is 5.42. The lowest BCUT2D eigenvalue weighted by atomic mass is 9.78. The Morgan fingerprint density at radius 2 is 2.22 bits per heavy atom. The van der Waals surface area contributed by atoms with Gasteiger partial charge in [0.05, 0.1) is 30.9 Å². The first-order chi connectivity index (χ1) is 11.2. The number of imidazole rings is 1. The predicted molar refractivity (Wildman–Crippen MR) is 87.8 cm³/mol. The molecule has 0 spiro atoms. The SMILES string of the molecule is COCCn1cncc1CNc1cc(C2CC(N)C2)nc(N)n1. The van der Waals surface area contributed by atoms with E-state index in [0.29, 0.717) is 25.0 Å². The van der Waals surface area contributed by atoms with E-state index in [1.165, 1.54) is 0 Å². The molecule has 0 amide bonds. The maximum absolute atomic E-state index is 5.85. The average Bonchev–Trinajstić information content (AvgIpc) is 2.94. The fourth-order valence-corrected chi connectivity index (χ4v) is 2.76. The second kappa shape index (κ2) is 6.93. The van der Waals surface area contributed by atoms with Gasteiger partial charge in [-0.3, -0.25) is 0 Å². The van der Waals surface area contributed by atoms with E-state index in [9.17, 15) is 0 Å². The Morgan fingerprint density at radius 3 is 2.96 bits per heavy atom. The standard InChI is InChI=1S/C15H23N7O/c1-23-3-2-22-9-18-7-12(22)8-19-14-6-13(20-15(17)21-14)10-4-11(16)5-10/h6-7,9-11H,2-5,8,16H2,1H3,(H3,17,19,20,21). The van der Waals surface area contributed by atoms with Crippen LogP contribution in [0.3, 0.4) is 0 Å². The Morgan fingerprint density at radius 1 is 1.39 bits per heavy atom. The first kappa shape index (κ1) is 15.7. The van der Waals surface area contributed by atoms with Crippen molar-refractivity contribution in [3.63, 3.8) is 0 Å². The number of nitrogens with one attached hydrogen (secondary N) is 1. The van der Waals surface area contributed by atoms with E-state index in [1.54, 1.807) is 13.4 Å². The smallest absolute Gasteiger partial charge is 0.222 e. The molecule has 0 saturated heterocycles. The van der Waals surface area contributed by atoms with Crippen LogP contribution in [0.5, 0.6) is 0 Å². The van der Waals surface area contributed by atoms with Gasteiger partial charge in [0, 0.05) is 37.9 Å². The lowest BCUT2D eigenvalue weighted by Crippen LogP contribution is -2.35. The van der Waals surface area contributed by atoms with E-state index in [2.05, 4.69) is 20.3 Å². The van der Waals surface area contributed by atoms with E-state index in [0.717, 1.165) is 36.6 Å². The third-order valence-electron chi connectivity index (χ3n) is 4.14. The van der Waals surface area contributed by atoms with E-state index >= 15 is 0 Å². The van der Waals surface area contributed by atoms with Gasteiger partial charge >= 0.3 is 0 Å². The summed E-state index contributed by atoms with van der Waals surface area (Å²) in [6, 6.07) is 2.24. The number of nitrogens with zero attached hydrogens (tertiary/aromatic N) is 4. The fourth-order valence-electron chi connectivity index (χ4n) is 2.76. The molecule has 1 fully saturated rings. The number of nitrogens with two attached hydrogens (primary N) is 2. The maximum Gasteiger partial charge on any atom is 0.222 e. The van der Waals surface area contributed by atoms with Crippen molar-refractivity contribution in [1.29, 1.82) is 0 Å². The normalized spacial score (nSPS) is 20.3. The molecule has 1 saturated carbocycles. The second-order valence-corrected chi connectivity index (χ2v) is 5.89. The molecule has 0 aliphatic heterocycles. The summed E-state index contributed by atoms with van der Waals surface area (Å²) in [5.41, 5.74) is 13.7. The molecule has 8 heteroatoms. The zero-order valence-corrected chi connectivity index (χ0v) is 13.3. The van der Waals surface area contributed by atoms with Crippen molar-refractivity contribution in [2.24, 2.45) is 5.73 Å². The summed E-state index contributed by atoms with van der Waals surface area (Å²) in [5.74, 6) is 1.41. The number of rotatable bonds is 7. The van der Waals surface area contributed by atoms with Crippen molar-refractivity contribution in [3.05, 3.63) is 30.0 Å². The van der Waals surface area contributed by atoms with E-state index in [4.69, 9.17) is 16.2 Å².